The van der Waals surface area contributed by atoms with Gasteiger partial charge in [-0.05, 0) is 32.6 Å². The van der Waals surface area contributed by atoms with Gasteiger partial charge in [0.15, 0.2) is 11.6 Å². The molecule has 1 fully saturated rings. The lowest BCUT2D eigenvalue weighted by molar-refractivity contribution is -0.145. The number of hydrogen-bond donors (Lipinski definition) is 0. The molecular weight excluding hydrogens is 261 g/mol. The second-order valence-corrected chi connectivity index (χ2v) is 4.77. The van der Waals surface area contributed by atoms with Gasteiger partial charge in [-0.15, -0.1) is 0 Å². The molecule has 1 aliphatic rings. The third-order valence-electron chi connectivity index (χ3n) is 3.51. The molecule has 2 rings (SSSR count). The van der Waals surface area contributed by atoms with Crippen LogP contribution in [-0.4, -0.2) is 35.1 Å². The molecule has 0 saturated carbocycles. The predicted molar refractivity (Wildman–Crippen MR) is 73.0 cm³/mol. The van der Waals surface area contributed by atoms with Crippen LogP contribution in [0.15, 0.2) is 6.33 Å². The van der Waals surface area contributed by atoms with Crippen molar-refractivity contribution < 1.29 is 13.9 Å². The van der Waals surface area contributed by atoms with E-state index >= 15 is 0 Å². The van der Waals surface area contributed by atoms with E-state index in [4.69, 9.17) is 4.74 Å². The Morgan fingerprint density at radius 3 is 2.95 bits per heavy atom. The summed E-state index contributed by atoms with van der Waals surface area (Å²) < 4.78 is 19.4. The Kier molecular flexibility index (Phi) is 4.87. The van der Waals surface area contributed by atoms with E-state index < -0.39 is 11.9 Å². The van der Waals surface area contributed by atoms with Gasteiger partial charge >= 0.3 is 5.97 Å². The molecule has 110 valence electrons. The molecule has 1 aromatic heterocycles. The van der Waals surface area contributed by atoms with Gasteiger partial charge in [0.25, 0.3) is 0 Å². The number of anilines is 1. The molecule has 1 saturated heterocycles. The van der Waals surface area contributed by atoms with E-state index in [9.17, 15) is 9.18 Å². The average Bonchev–Trinajstić information content (AvgIpc) is 2.48. The second-order valence-electron chi connectivity index (χ2n) is 4.77. The molecule has 5 nitrogen and oxygen atoms in total. The van der Waals surface area contributed by atoms with Crippen molar-refractivity contribution in [2.24, 2.45) is 0 Å². The second kappa shape index (κ2) is 6.63. The largest absolute Gasteiger partial charge is 0.464 e. The van der Waals surface area contributed by atoms with Gasteiger partial charge in [0.2, 0.25) is 0 Å². The van der Waals surface area contributed by atoms with Gasteiger partial charge in [-0.2, -0.15) is 0 Å². The standard InChI is InChI=1S/C14H20FN3O2/c1-3-10-12(15)13(17-9-16-10)18-8-6-5-7-11(18)14(19)20-4-2/h9,11H,3-8H2,1-2H3. The summed E-state index contributed by atoms with van der Waals surface area (Å²) in [6, 6.07) is -0.446. The van der Waals surface area contributed by atoms with Gasteiger partial charge in [0.05, 0.1) is 12.3 Å². The van der Waals surface area contributed by atoms with Crippen LogP contribution in [0.2, 0.25) is 0 Å². The minimum Gasteiger partial charge on any atom is -0.464 e. The molecule has 0 amide bonds. The Morgan fingerprint density at radius 1 is 1.45 bits per heavy atom. The quantitative estimate of drug-likeness (QED) is 0.791. The molecule has 0 aromatic carbocycles. The van der Waals surface area contributed by atoms with Crippen LogP contribution >= 0.6 is 0 Å². The SMILES string of the molecule is CCOC(=O)C1CCCCN1c1ncnc(CC)c1F. The van der Waals surface area contributed by atoms with Crippen molar-refractivity contribution in [3.63, 3.8) is 0 Å². The van der Waals surface area contributed by atoms with Crippen molar-refractivity contribution in [3.05, 3.63) is 17.8 Å². The van der Waals surface area contributed by atoms with Gasteiger partial charge in [-0.1, -0.05) is 6.92 Å². The number of nitrogens with zero attached hydrogens (tertiary/aromatic N) is 3. The van der Waals surface area contributed by atoms with Crippen molar-refractivity contribution >= 4 is 11.8 Å². The first kappa shape index (κ1) is 14.7. The summed E-state index contributed by atoms with van der Waals surface area (Å²) in [6.45, 7) is 4.55. The molecule has 0 spiro atoms. The first-order valence-corrected chi connectivity index (χ1v) is 7.11. The van der Waals surface area contributed by atoms with Crippen molar-refractivity contribution in [2.45, 2.75) is 45.6 Å². The smallest absolute Gasteiger partial charge is 0.328 e. The summed E-state index contributed by atoms with van der Waals surface area (Å²) in [5.41, 5.74) is 0.378. The van der Waals surface area contributed by atoms with Crippen LogP contribution in [0.25, 0.3) is 0 Å². The third kappa shape index (κ3) is 2.89. The summed E-state index contributed by atoms with van der Waals surface area (Å²) in [5, 5.41) is 0. The number of rotatable bonds is 4. The van der Waals surface area contributed by atoms with Gasteiger partial charge in [-0.25, -0.2) is 19.2 Å². The fourth-order valence-corrected chi connectivity index (χ4v) is 2.51. The topological polar surface area (TPSA) is 55.3 Å². The Morgan fingerprint density at radius 2 is 2.25 bits per heavy atom. The number of hydrogen-bond acceptors (Lipinski definition) is 5. The van der Waals surface area contributed by atoms with Crippen molar-refractivity contribution in [3.8, 4) is 0 Å². The zero-order valence-electron chi connectivity index (χ0n) is 11.9. The molecule has 0 bridgehead atoms. The van der Waals surface area contributed by atoms with Crippen LogP contribution < -0.4 is 4.90 Å². The highest BCUT2D eigenvalue weighted by Gasteiger charge is 2.32. The molecule has 1 atom stereocenters. The molecule has 20 heavy (non-hydrogen) atoms. The van der Waals surface area contributed by atoms with E-state index in [0.29, 0.717) is 31.7 Å². The lowest BCUT2D eigenvalue weighted by Gasteiger charge is -2.35. The van der Waals surface area contributed by atoms with E-state index in [1.54, 1.807) is 11.8 Å². The van der Waals surface area contributed by atoms with Gasteiger partial charge in [0.1, 0.15) is 12.4 Å². The Hall–Kier alpha value is -1.72. The maximum Gasteiger partial charge on any atom is 0.328 e. The van der Waals surface area contributed by atoms with Crippen LogP contribution in [-0.2, 0) is 16.0 Å². The highest BCUT2D eigenvalue weighted by Crippen LogP contribution is 2.27. The van der Waals surface area contributed by atoms with Crippen molar-refractivity contribution in [1.29, 1.82) is 0 Å². The molecule has 1 aliphatic heterocycles. The summed E-state index contributed by atoms with van der Waals surface area (Å²) in [5.74, 6) is -0.510. The van der Waals surface area contributed by atoms with Gasteiger partial charge < -0.3 is 9.64 Å². The summed E-state index contributed by atoms with van der Waals surface area (Å²) >= 11 is 0. The van der Waals surface area contributed by atoms with E-state index in [2.05, 4.69) is 9.97 Å². The number of ether oxygens (including phenoxy) is 1. The maximum atomic E-state index is 14.4. The third-order valence-corrected chi connectivity index (χ3v) is 3.51. The molecule has 6 heteroatoms. The lowest BCUT2D eigenvalue weighted by atomic mass is 10.0. The molecule has 0 radical (unpaired) electrons. The fourth-order valence-electron chi connectivity index (χ4n) is 2.51. The van der Waals surface area contributed by atoms with Crippen LogP contribution in [0, 0.1) is 5.82 Å². The Labute approximate surface area is 118 Å². The normalized spacial score (nSPS) is 18.9. The maximum absolute atomic E-state index is 14.4. The summed E-state index contributed by atoms with van der Waals surface area (Å²) in [4.78, 5) is 21.7. The number of carbonyl (C=O) groups excluding carboxylic acids is 1. The highest BCUT2D eigenvalue weighted by molar-refractivity contribution is 5.80. The van der Waals surface area contributed by atoms with Crippen molar-refractivity contribution in [1.82, 2.24) is 9.97 Å². The van der Waals surface area contributed by atoms with Crippen LogP contribution in [0.1, 0.15) is 38.8 Å². The average molecular weight is 281 g/mol. The number of aromatic nitrogens is 2. The molecule has 0 aliphatic carbocycles. The van der Waals surface area contributed by atoms with Crippen molar-refractivity contribution in [2.75, 3.05) is 18.1 Å². The summed E-state index contributed by atoms with van der Waals surface area (Å²) in [6.07, 6.45) is 4.38. The number of aryl methyl sites for hydroxylation is 1. The summed E-state index contributed by atoms with van der Waals surface area (Å²) in [7, 11) is 0. The van der Waals surface area contributed by atoms with Crippen LogP contribution in [0.4, 0.5) is 10.2 Å². The molecule has 1 aromatic rings. The number of carbonyl (C=O) groups is 1. The number of piperidine rings is 1. The van der Waals surface area contributed by atoms with Gasteiger partial charge in [-0.3, -0.25) is 0 Å². The molecule has 0 N–H and O–H groups in total. The first-order chi connectivity index (χ1) is 9.69. The number of halogens is 1. The highest BCUT2D eigenvalue weighted by atomic mass is 19.1. The Bertz CT molecular complexity index is 481. The molecular formula is C14H20FN3O2. The fraction of sp³-hybridized carbons (Fsp3) is 0.643. The number of esters is 1. The lowest BCUT2D eigenvalue weighted by Crippen LogP contribution is -2.46. The zero-order chi connectivity index (χ0) is 14.5. The Balaban J connectivity index is 2.30. The van der Waals surface area contributed by atoms with E-state index in [0.717, 1.165) is 12.8 Å². The van der Waals surface area contributed by atoms with Gasteiger partial charge in [0, 0.05) is 6.54 Å². The molecule has 2 heterocycles. The minimum absolute atomic E-state index is 0.217. The van der Waals surface area contributed by atoms with Crippen LogP contribution in [0.5, 0.6) is 0 Å². The van der Waals surface area contributed by atoms with E-state index in [1.807, 2.05) is 6.92 Å². The zero-order valence-corrected chi connectivity index (χ0v) is 11.9. The van der Waals surface area contributed by atoms with E-state index in [-0.39, 0.29) is 11.8 Å². The van der Waals surface area contributed by atoms with E-state index in [1.165, 1.54) is 6.33 Å². The predicted octanol–water partition coefficient (Wildman–Crippen LogP) is 2.10. The monoisotopic (exact) mass is 281 g/mol. The minimum atomic E-state index is -0.446. The first-order valence-electron chi connectivity index (χ1n) is 7.11. The molecule has 1 unspecified atom stereocenters. The van der Waals surface area contributed by atoms with Crippen LogP contribution in [0.3, 0.4) is 0 Å².